The molecule has 23 heavy (non-hydrogen) atoms. The molecule has 2 aromatic carbocycles. The number of rotatable bonds is 5. The van der Waals surface area contributed by atoms with Crippen molar-refractivity contribution in [2.24, 2.45) is 0 Å². The Balaban J connectivity index is 1.74. The summed E-state index contributed by atoms with van der Waals surface area (Å²) in [5.74, 6) is -0.287. The van der Waals surface area contributed by atoms with Crippen LogP contribution in [0.25, 0.3) is 10.9 Å². The van der Waals surface area contributed by atoms with Gasteiger partial charge in [-0.25, -0.2) is 0 Å². The number of carbonyl (C=O) groups excluding carboxylic acids is 2. The van der Waals surface area contributed by atoms with E-state index in [0.29, 0.717) is 12.1 Å². The normalized spacial score (nSPS) is 12.0. The predicted octanol–water partition coefficient (Wildman–Crippen LogP) is 3.47. The smallest absolute Gasteiger partial charge is 0.268 e. The summed E-state index contributed by atoms with van der Waals surface area (Å²) in [6.07, 6.45) is 1.24. The van der Waals surface area contributed by atoms with Gasteiger partial charge in [0.25, 0.3) is 5.91 Å². The SMILES string of the molecule is O=C[C@H](Cc1ccccc1)NC(=O)c1cc2cc(Br)ccc2[nH]1. The largest absolute Gasteiger partial charge is 0.351 e. The van der Waals surface area contributed by atoms with Gasteiger partial charge in [-0.1, -0.05) is 46.3 Å². The van der Waals surface area contributed by atoms with Crippen LogP contribution in [0, 0.1) is 0 Å². The van der Waals surface area contributed by atoms with E-state index >= 15 is 0 Å². The van der Waals surface area contributed by atoms with Gasteiger partial charge in [0.05, 0.1) is 6.04 Å². The van der Waals surface area contributed by atoms with Crippen molar-refractivity contribution in [2.45, 2.75) is 12.5 Å². The molecule has 3 rings (SSSR count). The number of aromatic nitrogens is 1. The van der Waals surface area contributed by atoms with Gasteiger partial charge in [0.1, 0.15) is 12.0 Å². The Morgan fingerprint density at radius 3 is 2.70 bits per heavy atom. The lowest BCUT2D eigenvalue weighted by atomic mass is 10.1. The predicted molar refractivity (Wildman–Crippen MR) is 93.5 cm³/mol. The fraction of sp³-hybridized carbons (Fsp3) is 0.111. The maximum absolute atomic E-state index is 12.3. The summed E-state index contributed by atoms with van der Waals surface area (Å²) in [4.78, 5) is 26.7. The highest BCUT2D eigenvalue weighted by atomic mass is 79.9. The fourth-order valence-corrected chi connectivity index (χ4v) is 2.85. The molecule has 3 aromatic rings. The molecule has 1 amide bonds. The van der Waals surface area contributed by atoms with Gasteiger partial charge in [0.2, 0.25) is 0 Å². The first kappa shape index (κ1) is 15.5. The average molecular weight is 371 g/mol. The molecule has 0 bridgehead atoms. The van der Waals surface area contributed by atoms with Crippen LogP contribution in [0.2, 0.25) is 0 Å². The highest BCUT2D eigenvalue weighted by Gasteiger charge is 2.15. The van der Waals surface area contributed by atoms with Gasteiger partial charge >= 0.3 is 0 Å². The van der Waals surface area contributed by atoms with Crippen molar-refractivity contribution < 1.29 is 9.59 Å². The number of hydrogen-bond donors (Lipinski definition) is 2. The number of hydrogen-bond acceptors (Lipinski definition) is 2. The number of aromatic amines is 1. The van der Waals surface area contributed by atoms with Gasteiger partial charge in [-0.2, -0.15) is 0 Å². The van der Waals surface area contributed by atoms with Gasteiger partial charge in [-0.3, -0.25) is 4.79 Å². The first-order valence-electron chi connectivity index (χ1n) is 7.24. The first-order valence-corrected chi connectivity index (χ1v) is 8.03. The van der Waals surface area contributed by atoms with Crippen LogP contribution in [-0.2, 0) is 11.2 Å². The summed E-state index contributed by atoms with van der Waals surface area (Å²) in [7, 11) is 0. The van der Waals surface area contributed by atoms with Gasteiger partial charge < -0.3 is 15.1 Å². The molecule has 0 aliphatic heterocycles. The molecule has 1 atom stereocenters. The second-order valence-electron chi connectivity index (χ2n) is 5.32. The zero-order chi connectivity index (χ0) is 16.2. The number of aldehydes is 1. The Morgan fingerprint density at radius 1 is 1.17 bits per heavy atom. The standard InChI is InChI=1S/C18H15BrN2O2/c19-14-6-7-16-13(9-14)10-17(21-16)18(23)20-15(11-22)8-12-4-2-1-3-5-12/h1-7,9-11,15,21H,8H2,(H,20,23)/t15-/m0/s1. The van der Waals surface area contributed by atoms with Gasteiger partial charge in [-0.15, -0.1) is 0 Å². The van der Waals surface area contributed by atoms with Crippen molar-refractivity contribution in [2.75, 3.05) is 0 Å². The van der Waals surface area contributed by atoms with E-state index in [2.05, 4.69) is 26.2 Å². The summed E-state index contributed by atoms with van der Waals surface area (Å²) in [5.41, 5.74) is 2.33. The van der Waals surface area contributed by atoms with Crippen LogP contribution in [0.3, 0.4) is 0 Å². The van der Waals surface area contributed by atoms with Crippen LogP contribution in [0.5, 0.6) is 0 Å². The van der Waals surface area contributed by atoms with E-state index < -0.39 is 6.04 Å². The zero-order valence-corrected chi connectivity index (χ0v) is 13.8. The van der Waals surface area contributed by atoms with E-state index in [9.17, 15) is 9.59 Å². The Bertz CT molecular complexity index is 843. The number of nitrogens with one attached hydrogen (secondary N) is 2. The molecule has 0 radical (unpaired) electrons. The Labute approximate surface area is 142 Å². The van der Waals surface area contributed by atoms with Gasteiger partial charge in [0.15, 0.2) is 0 Å². The van der Waals surface area contributed by atoms with Crippen LogP contribution < -0.4 is 5.32 Å². The first-order chi connectivity index (χ1) is 11.2. The van der Waals surface area contributed by atoms with Crippen molar-refractivity contribution in [1.82, 2.24) is 10.3 Å². The van der Waals surface area contributed by atoms with E-state index in [1.54, 1.807) is 6.07 Å². The number of amides is 1. The van der Waals surface area contributed by atoms with Crippen LogP contribution in [0.15, 0.2) is 59.1 Å². The minimum Gasteiger partial charge on any atom is -0.351 e. The molecule has 0 fully saturated rings. The van der Waals surface area contributed by atoms with Crippen molar-refractivity contribution in [3.05, 3.63) is 70.3 Å². The molecule has 116 valence electrons. The van der Waals surface area contributed by atoms with Crippen LogP contribution in [0.4, 0.5) is 0 Å². The van der Waals surface area contributed by atoms with E-state index in [-0.39, 0.29) is 5.91 Å². The van der Waals surface area contributed by atoms with E-state index in [1.807, 2.05) is 48.5 Å². The molecule has 1 aromatic heterocycles. The maximum Gasteiger partial charge on any atom is 0.268 e. The third-order valence-corrected chi connectivity index (χ3v) is 4.10. The highest BCUT2D eigenvalue weighted by molar-refractivity contribution is 9.10. The topological polar surface area (TPSA) is 62.0 Å². The number of carbonyl (C=O) groups is 2. The monoisotopic (exact) mass is 370 g/mol. The molecule has 0 saturated carbocycles. The van der Waals surface area contributed by atoms with E-state index in [1.165, 1.54) is 0 Å². The number of fused-ring (bicyclic) bond motifs is 1. The van der Waals surface area contributed by atoms with Gasteiger partial charge in [0, 0.05) is 15.4 Å². The lowest BCUT2D eigenvalue weighted by Crippen LogP contribution is -2.37. The molecular weight excluding hydrogens is 356 g/mol. The molecule has 0 unspecified atom stereocenters. The average Bonchev–Trinajstić information content (AvgIpc) is 2.98. The minimum absolute atomic E-state index is 0.287. The lowest BCUT2D eigenvalue weighted by molar-refractivity contribution is -0.109. The third kappa shape index (κ3) is 3.68. The quantitative estimate of drug-likeness (QED) is 0.675. The molecule has 0 aliphatic carbocycles. The third-order valence-electron chi connectivity index (χ3n) is 3.61. The molecule has 2 N–H and O–H groups in total. The maximum atomic E-state index is 12.3. The highest BCUT2D eigenvalue weighted by Crippen LogP contribution is 2.20. The Hall–Kier alpha value is -2.40. The summed E-state index contributed by atoms with van der Waals surface area (Å²) >= 11 is 3.41. The molecule has 1 heterocycles. The minimum atomic E-state index is -0.553. The molecule has 0 saturated heterocycles. The lowest BCUT2D eigenvalue weighted by Gasteiger charge is -2.12. The second kappa shape index (κ2) is 6.79. The molecule has 0 aliphatic rings. The van der Waals surface area contributed by atoms with Crippen molar-refractivity contribution in [1.29, 1.82) is 0 Å². The van der Waals surface area contributed by atoms with Crippen molar-refractivity contribution >= 4 is 39.0 Å². The summed E-state index contributed by atoms with van der Waals surface area (Å²) < 4.78 is 0.950. The second-order valence-corrected chi connectivity index (χ2v) is 6.24. The molecular formula is C18H15BrN2O2. The van der Waals surface area contributed by atoms with E-state index in [0.717, 1.165) is 27.2 Å². The molecule has 0 spiro atoms. The van der Waals surface area contributed by atoms with Crippen LogP contribution in [0.1, 0.15) is 16.1 Å². The number of H-pyrrole nitrogens is 1. The number of halogens is 1. The zero-order valence-electron chi connectivity index (χ0n) is 12.3. The molecule has 4 nitrogen and oxygen atoms in total. The Kier molecular flexibility index (Phi) is 4.57. The van der Waals surface area contributed by atoms with Crippen molar-refractivity contribution in [3.63, 3.8) is 0 Å². The Morgan fingerprint density at radius 2 is 1.96 bits per heavy atom. The fourth-order valence-electron chi connectivity index (χ4n) is 2.47. The summed E-state index contributed by atoms with van der Waals surface area (Å²) in [6.45, 7) is 0. The summed E-state index contributed by atoms with van der Waals surface area (Å²) in [5, 5.41) is 3.70. The molecule has 5 heteroatoms. The van der Waals surface area contributed by atoms with Gasteiger partial charge in [-0.05, 0) is 36.2 Å². The van der Waals surface area contributed by atoms with Crippen LogP contribution >= 0.6 is 15.9 Å². The van der Waals surface area contributed by atoms with Crippen molar-refractivity contribution in [3.8, 4) is 0 Å². The number of benzene rings is 2. The van der Waals surface area contributed by atoms with Crippen LogP contribution in [-0.4, -0.2) is 23.2 Å². The summed E-state index contributed by atoms with van der Waals surface area (Å²) in [6, 6.07) is 16.6. The van der Waals surface area contributed by atoms with E-state index in [4.69, 9.17) is 0 Å².